The van der Waals surface area contributed by atoms with Crippen LogP contribution in [0, 0.1) is 11.8 Å². The molecule has 2 aliphatic carbocycles. The molecule has 0 aromatic carbocycles. The van der Waals surface area contributed by atoms with Gasteiger partial charge in [0.2, 0.25) is 0 Å². The summed E-state index contributed by atoms with van der Waals surface area (Å²) in [6.07, 6.45) is 15.2. The Morgan fingerprint density at radius 1 is 0.524 bits per heavy atom. The summed E-state index contributed by atoms with van der Waals surface area (Å²) in [7, 11) is 0. The Hall–Kier alpha value is -2.20. The summed E-state index contributed by atoms with van der Waals surface area (Å²) >= 11 is 0. The molecular weight excluding hydrogens is 544 g/mol. The summed E-state index contributed by atoms with van der Waals surface area (Å²) in [5.41, 5.74) is 0. The van der Waals surface area contributed by atoms with Gasteiger partial charge in [-0.1, -0.05) is 6.42 Å². The van der Waals surface area contributed by atoms with E-state index in [2.05, 4.69) is 0 Å². The molecule has 2 saturated heterocycles. The minimum absolute atomic E-state index is 0.0820. The zero-order valence-electron chi connectivity index (χ0n) is 25.1. The second-order valence-corrected chi connectivity index (χ2v) is 12.2. The molecule has 0 amide bonds. The largest absolute Gasteiger partial charge is 0.466 e. The molecular formula is C32H50O10. The molecule has 0 radical (unpaired) electrons. The molecule has 2 aliphatic heterocycles. The number of unbranched alkanes of at least 4 members (excludes halogenated alkanes) is 6. The van der Waals surface area contributed by atoms with Crippen molar-refractivity contribution in [3.63, 3.8) is 0 Å². The summed E-state index contributed by atoms with van der Waals surface area (Å²) in [5.74, 6) is -0.457. The van der Waals surface area contributed by atoms with Crippen molar-refractivity contribution in [3.8, 4) is 0 Å². The Labute approximate surface area is 249 Å². The van der Waals surface area contributed by atoms with Crippen LogP contribution < -0.4 is 0 Å². The minimum atomic E-state index is -0.214. The number of ether oxygens (including phenoxy) is 6. The van der Waals surface area contributed by atoms with Gasteiger partial charge in [-0.25, -0.2) is 0 Å². The van der Waals surface area contributed by atoms with Crippen molar-refractivity contribution in [2.75, 3.05) is 26.4 Å². The van der Waals surface area contributed by atoms with Crippen LogP contribution in [0.2, 0.25) is 0 Å². The molecule has 2 heterocycles. The highest BCUT2D eigenvalue weighted by atomic mass is 16.6. The third kappa shape index (κ3) is 11.8. The molecule has 42 heavy (non-hydrogen) atoms. The van der Waals surface area contributed by atoms with Gasteiger partial charge in [0, 0.05) is 25.2 Å². The maximum atomic E-state index is 12.2. The Morgan fingerprint density at radius 2 is 1.02 bits per heavy atom. The van der Waals surface area contributed by atoms with Gasteiger partial charge in [-0.05, 0) is 89.9 Å². The molecule has 0 aromatic heterocycles. The topological polar surface area (TPSA) is 130 Å². The lowest BCUT2D eigenvalue weighted by atomic mass is 9.89. The van der Waals surface area contributed by atoms with Crippen LogP contribution in [0.3, 0.4) is 0 Å². The first-order chi connectivity index (χ1) is 20.5. The number of fused-ring (bicyclic) bond motifs is 2. The van der Waals surface area contributed by atoms with E-state index in [1.54, 1.807) is 0 Å². The first-order valence-corrected chi connectivity index (χ1v) is 16.5. The van der Waals surface area contributed by atoms with Gasteiger partial charge >= 0.3 is 23.9 Å². The lowest BCUT2D eigenvalue weighted by Gasteiger charge is -2.17. The molecule has 4 fully saturated rings. The first-order valence-electron chi connectivity index (χ1n) is 16.5. The van der Waals surface area contributed by atoms with E-state index >= 15 is 0 Å². The molecule has 4 rings (SSSR count). The van der Waals surface area contributed by atoms with Crippen LogP contribution in [-0.2, 0) is 47.6 Å². The number of rotatable bonds is 21. The van der Waals surface area contributed by atoms with Crippen molar-refractivity contribution >= 4 is 23.9 Å². The second-order valence-electron chi connectivity index (χ2n) is 12.2. The van der Waals surface area contributed by atoms with Crippen molar-refractivity contribution in [2.24, 2.45) is 11.8 Å². The number of carbonyl (C=O) groups excluding carboxylic acids is 4. The van der Waals surface area contributed by atoms with E-state index in [1.165, 1.54) is 0 Å². The Kier molecular flexibility index (Phi) is 13.9. The molecule has 6 atom stereocenters. The van der Waals surface area contributed by atoms with Crippen LogP contribution in [0.4, 0.5) is 0 Å². The molecule has 0 spiro atoms. The third-order valence-corrected chi connectivity index (χ3v) is 8.78. The first kappa shape index (κ1) is 32.7. The Balaban J connectivity index is 0.851. The molecule has 10 nitrogen and oxygen atoms in total. The van der Waals surface area contributed by atoms with Crippen LogP contribution in [-0.4, -0.2) is 74.7 Å². The van der Waals surface area contributed by atoms with Gasteiger partial charge in [0.05, 0.1) is 56.8 Å². The van der Waals surface area contributed by atoms with Gasteiger partial charge in [0.15, 0.2) is 0 Å². The van der Waals surface area contributed by atoms with Crippen LogP contribution >= 0.6 is 0 Å². The van der Waals surface area contributed by atoms with Gasteiger partial charge in [0.1, 0.15) is 0 Å². The third-order valence-electron chi connectivity index (χ3n) is 8.78. The molecule has 10 heteroatoms. The van der Waals surface area contributed by atoms with Crippen molar-refractivity contribution in [1.82, 2.24) is 0 Å². The van der Waals surface area contributed by atoms with Crippen molar-refractivity contribution in [3.05, 3.63) is 0 Å². The zero-order chi connectivity index (χ0) is 29.6. The fraction of sp³-hybridized carbons (Fsp3) is 0.875. The monoisotopic (exact) mass is 594 g/mol. The fourth-order valence-electron chi connectivity index (χ4n) is 6.14. The smallest absolute Gasteiger partial charge is 0.311 e. The van der Waals surface area contributed by atoms with Crippen molar-refractivity contribution < 1.29 is 47.6 Å². The number of esters is 4. The summed E-state index contributed by atoms with van der Waals surface area (Å²) < 4.78 is 32.5. The van der Waals surface area contributed by atoms with Gasteiger partial charge in [-0.2, -0.15) is 0 Å². The van der Waals surface area contributed by atoms with Gasteiger partial charge in [0.25, 0.3) is 0 Å². The predicted octanol–water partition coefficient (Wildman–Crippen LogP) is 4.98. The number of hydrogen-bond donors (Lipinski definition) is 0. The van der Waals surface area contributed by atoms with E-state index in [9.17, 15) is 19.2 Å². The molecule has 2 saturated carbocycles. The standard InChI is InChI=1S/C32H50O10/c33-27(38-20-8-2-6-18-29(35)40-22-23-12-10-14-25-30(23)41-25)16-4-1-7-19-37-28(34)17-5-3-9-21-39-32(36)24-13-11-15-26-31(24)42-26/h23-26,30-31H,1-22H2. The predicted molar refractivity (Wildman–Crippen MR) is 151 cm³/mol. The van der Waals surface area contributed by atoms with E-state index in [0.29, 0.717) is 83.1 Å². The lowest BCUT2D eigenvalue weighted by Crippen LogP contribution is -2.27. The van der Waals surface area contributed by atoms with E-state index in [1.807, 2.05) is 0 Å². The van der Waals surface area contributed by atoms with E-state index < -0.39 is 0 Å². The molecule has 0 bridgehead atoms. The number of hydrogen-bond acceptors (Lipinski definition) is 10. The summed E-state index contributed by atoms with van der Waals surface area (Å²) in [6, 6.07) is 0. The minimum Gasteiger partial charge on any atom is -0.466 e. The quantitative estimate of drug-likeness (QED) is 0.0776. The number of carbonyl (C=O) groups is 4. The highest BCUT2D eigenvalue weighted by Crippen LogP contribution is 2.41. The van der Waals surface area contributed by atoms with E-state index in [-0.39, 0.29) is 42.0 Å². The summed E-state index contributed by atoms with van der Waals surface area (Å²) in [5, 5.41) is 0. The van der Waals surface area contributed by atoms with Crippen LogP contribution in [0.1, 0.15) is 116 Å². The van der Waals surface area contributed by atoms with Gasteiger partial charge in [-0.3, -0.25) is 19.2 Å². The highest BCUT2D eigenvalue weighted by molar-refractivity contribution is 5.74. The molecule has 0 aromatic rings. The summed E-state index contributed by atoms with van der Waals surface area (Å²) in [6.45, 7) is 1.58. The van der Waals surface area contributed by atoms with E-state index in [0.717, 1.165) is 77.0 Å². The normalized spacial score (nSPS) is 27.2. The summed E-state index contributed by atoms with van der Waals surface area (Å²) in [4.78, 5) is 47.9. The maximum Gasteiger partial charge on any atom is 0.311 e. The Bertz CT molecular complexity index is 875. The maximum absolute atomic E-state index is 12.2. The van der Waals surface area contributed by atoms with Crippen LogP contribution in [0.25, 0.3) is 0 Å². The second kappa shape index (κ2) is 17.8. The van der Waals surface area contributed by atoms with Crippen LogP contribution in [0.15, 0.2) is 0 Å². The van der Waals surface area contributed by atoms with E-state index in [4.69, 9.17) is 28.4 Å². The molecule has 0 N–H and O–H groups in total. The highest BCUT2D eigenvalue weighted by Gasteiger charge is 2.50. The van der Waals surface area contributed by atoms with Gasteiger partial charge in [-0.15, -0.1) is 0 Å². The van der Waals surface area contributed by atoms with Crippen molar-refractivity contribution in [2.45, 2.75) is 140 Å². The van der Waals surface area contributed by atoms with Gasteiger partial charge < -0.3 is 28.4 Å². The fourth-order valence-corrected chi connectivity index (χ4v) is 6.14. The zero-order valence-corrected chi connectivity index (χ0v) is 25.1. The Morgan fingerprint density at radius 3 is 1.64 bits per heavy atom. The lowest BCUT2D eigenvalue weighted by molar-refractivity contribution is -0.150. The van der Waals surface area contributed by atoms with Crippen molar-refractivity contribution in [1.29, 1.82) is 0 Å². The molecule has 238 valence electrons. The molecule has 6 unspecified atom stereocenters. The number of epoxide rings is 2. The molecule has 4 aliphatic rings. The SMILES string of the molecule is O=C(CCCCCOC(=O)CCCCCOC(=O)C1CCCC2OC21)OCCCCCC(=O)OCC1CCCC2OC12. The van der Waals surface area contributed by atoms with Crippen LogP contribution in [0.5, 0.6) is 0 Å². The average Bonchev–Trinajstić information content (AvgIpc) is 3.91. The average molecular weight is 595 g/mol.